The van der Waals surface area contributed by atoms with E-state index < -0.39 is 24.1 Å². The molecule has 6 nitrogen and oxygen atoms in total. The number of carbonyl (C=O) groups is 3. The van der Waals surface area contributed by atoms with Crippen molar-refractivity contribution in [2.24, 2.45) is 11.8 Å². The lowest BCUT2D eigenvalue weighted by atomic mass is 9.85. The van der Waals surface area contributed by atoms with Crippen LogP contribution in [0, 0.1) is 11.8 Å². The second-order valence-corrected chi connectivity index (χ2v) is 7.17. The zero-order chi connectivity index (χ0) is 19.3. The van der Waals surface area contributed by atoms with E-state index in [1.165, 1.54) is 0 Å². The fourth-order valence-corrected chi connectivity index (χ4v) is 3.28. The van der Waals surface area contributed by atoms with Crippen LogP contribution in [0.4, 0.5) is 0 Å². The SMILES string of the molecule is C=C1C(=O)O[C@@H]2/C=C(/CO)CC/C=C(/C=O)C[C@@H](OC(=O)CC(C)C)[C@@H]12. The van der Waals surface area contributed by atoms with Crippen LogP contribution in [0.2, 0.25) is 0 Å². The summed E-state index contributed by atoms with van der Waals surface area (Å²) in [5.74, 6) is -1.38. The average Bonchev–Trinajstić information content (AvgIpc) is 2.85. The van der Waals surface area contributed by atoms with Crippen molar-refractivity contribution >= 4 is 18.2 Å². The molecule has 1 N–H and O–H groups in total. The van der Waals surface area contributed by atoms with Crippen molar-refractivity contribution in [3.63, 3.8) is 0 Å². The molecule has 1 fully saturated rings. The Morgan fingerprint density at radius 1 is 1.50 bits per heavy atom. The van der Waals surface area contributed by atoms with E-state index in [4.69, 9.17) is 9.47 Å². The van der Waals surface area contributed by atoms with Gasteiger partial charge in [-0.15, -0.1) is 0 Å². The van der Waals surface area contributed by atoms with E-state index in [0.29, 0.717) is 24.0 Å². The molecule has 0 amide bonds. The minimum absolute atomic E-state index is 0.129. The molecule has 0 bridgehead atoms. The van der Waals surface area contributed by atoms with Crippen molar-refractivity contribution in [1.82, 2.24) is 0 Å². The summed E-state index contributed by atoms with van der Waals surface area (Å²) in [5.41, 5.74) is 1.42. The topological polar surface area (TPSA) is 89.9 Å². The molecule has 0 unspecified atom stereocenters. The Balaban J connectivity index is 2.38. The van der Waals surface area contributed by atoms with Gasteiger partial charge in [0.05, 0.1) is 12.5 Å². The fourth-order valence-electron chi connectivity index (χ4n) is 3.28. The first kappa shape index (κ1) is 20.1. The highest BCUT2D eigenvalue weighted by Crippen LogP contribution is 2.36. The minimum Gasteiger partial charge on any atom is -0.461 e. The number of esters is 2. The molecule has 1 aliphatic carbocycles. The first-order chi connectivity index (χ1) is 12.3. The lowest BCUT2D eigenvalue weighted by Crippen LogP contribution is -2.34. The van der Waals surface area contributed by atoms with Crippen LogP contribution in [0.15, 0.2) is 35.5 Å². The Labute approximate surface area is 153 Å². The van der Waals surface area contributed by atoms with Crippen LogP contribution in [0.3, 0.4) is 0 Å². The Morgan fingerprint density at radius 3 is 2.85 bits per heavy atom. The maximum Gasteiger partial charge on any atom is 0.334 e. The highest BCUT2D eigenvalue weighted by molar-refractivity contribution is 5.91. The summed E-state index contributed by atoms with van der Waals surface area (Å²) in [5, 5.41) is 9.55. The van der Waals surface area contributed by atoms with Gasteiger partial charge in [0.25, 0.3) is 0 Å². The van der Waals surface area contributed by atoms with Crippen molar-refractivity contribution in [1.29, 1.82) is 0 Å². The second kappa shape index (κ2) is 8.94. The number of aliphatic hydroxyl groups is 1. The molecule has 2 aliphatic rings. The van der Waals surface area contributed by atoms with Crippen LogP contribution >= 0.6 is 0 Å². The molecule has 0 radical (unpaired) electrons. The van der Waals surface area contributed by atoms with Crippen molar-refractivity contribution in [2.75, 3.05) is 6.61 Å². The molecular formula is C20H26O6. The summed E-state index contributed by atoms with van der Waals surface area (Å²) < 4.78 is 11.0. The molecule has 3 atom stereocenters. The predicted molar refractivity (Wildman–Crippen MR) is 95.0 cm³/mol. The minimum atomic E-state index is -0.726. The van der Waals surface area contributed by atoms with E-state index in [1.807, 2.05) is 13.8 Å². The van der Waals surface area contributed by atoms with Crippen molar-refractivity contribution in [2.45, 2.75) is 51.7 Å². The highest BCUT2D eigenvalue weighted by atomic mass is 16.6. The molecule has 0 spiro atoms. The second-order valence-electron chi connectivity index (χ2n) is 7.17. The average molecular weight is 362 g/mol. The van der Waals surface area contributed by atoms with E-state index in [-0.39, 0.29) is 36.9 Å². The van der Waals surface area contributed by atoms with Gasteiger partial charge in [-0.05, 0) is 36.0 Å². The Bertz CT molecular complexity index is 643. The molecule has 26 heavy (non-hydrogen) atoms. The van der Waals surface area contributed by atoms with Crippen LogP contribution in [-0.4, -0.2) is 42.1 Å². The third kappa shape index (κ3) is 4.91. The predicted octanol–water partition coefficient (Wildman–Crippen LogP) is 2.27. The molecule has 0 aromatic carbocycles. The number of aliphatic hydroxyl groups excluding tert-OH is 1. The monoisotopic (exact) mass is 362 g/mol. The van der Waals surface area contributed by atoms with Gasteiger partial charge in [0.2, 0.25) is 0 Å². The van der Waals surface area contributed by atoms with E-state index in [9.17, 15) is 19.5 Å². The van der Waals surface area contributed by atoms with Crippen LogP contribution in [0.25, 0.3) is 0 Å². The Kier molecular flexibility index (Phi) is 6.91. The third-order valence-electron chi connectivity index (χ3n) is 4.58. The van der Waals surface area contributed by atoms with Gasteiger partial charge in [-0.3, -0.25) is 9.59 Å². The zero-order valence-electron chi connectivity index (χ0n) is 15.3. The first-order valence-corrected chi connectivity index (χ1v) is 8.89. The van der Waals surface area contributed by atoms with Gasteiger partial charge in [0, 0.05) is 18.4 Å². The number of carbonyl (C=O) groups excluding carboxylic acids is 3. The molecule has 142 valence electrons. The summed E-state index contributed by atoms with van der Waals surface area (Å²) in [6.45, 7) is 7.45. The van der Waals surface area contributed by atoms with Gasteiger partial charge in [0.15, 0.2) is 0 Å². The number of allylic oxidation sites excluding steroid dienone is 1. The van der Waals surface area contributed by atoms with Gasteiger partial charge < -0.3 is 14.6 Å². The number of rotatable bonds is 5. The largest absolute Gasteiger partial charge is 0.461 e. The lowest BCUT2D eigenvalue weighted by molar-refractivity contribution is -0.153. The maximum absolute atomic E-state index is 12.2. The van der Waals surface area contributed by atoms with Crippen LogP contribution in [0.1, 0.15) is 39.5 Å². The zero-order valence-corrected chi connectivity index (χ0v) is 15.3. The molecule has 6 heteroatoms. The molecule has 2 rings (SSSR count). The number of hydrogen-bond donors (Lipinski definition) is 1. The molecular weight excluding hydrogens is 336 g/mol. The van der Waals surface area contributed by atoms with Gasteiger partial charge in [-0.2, -0.15) is 0 Å². The summed E-state index contributed by atoms with van der Waals surface area (Å²) in [7, 11) is 0. The Hall–Kier alpha value is -2.21. The van der Waals surface area contributed by atoms with E-state index >= 15 is 0 Å². The number of aldehydes is 1. The quantitative estimate of drug-likeness (QED) is 0.349. The highest BCUT2D eigenvalue weighted by Gasteiger charge is 2.44. The van der Waals surface area contributed by atoms with Gasteiger partial charge >= 0.3 is 11.9 Å². The number of hydrogen-bond acceptors (Lipinski definition) is 6. The van der Waals surface area contributed by atoms with E-state index in [2.05, 4.69) is 6.58 Å². The molecule has 1 heterocycles. The summed E-state index contributed by atoms with van der Waals surface area (Å²) >= 11 is 0. The van der Waals surface area contributed by atoms with Crippen LogP contribution in [-0.2, 0) is 23.9 Å². The standard InChI is InChI=1S/C20H26O6/c1-12(2)7-18(23)25-16-8-14(10-21)5-4-6-15(11-22)9-17-19(16)13(3)20(24)26-17/h5,9-10,12,16-17,19,22H,3-4,6-8,11H2,1-2H3/b14-5+,15-9+/t16-,17-,19-/m1/s1. The van der Waals surface area contributed by atoms with Gasteiger partial charge in [-0.1, -0.05) is 26.5 Å². The molecule has 1 saturated heterocycles. The summed E-state index contributed by atoms with van der Waals surface area (Å²) in [6, 6.07) is 0. The maximum atomic E-state index is 12.2. The van der Waals surface area contributed by atoms with Gasteiger partial charge in [-0.25, -0.2) is 4.79 Å². The van der Waals surface area contributed by atoms with Crippen molar-refractivity contribution in [3.8, 4) is 0 Å². The number of ether oxygens (including phenoxy) is 2. The first-order valence-electron chi connectivity index (χ1n) is 8.89. The van der Waals surface area contributed by atoms with Crippen LogP contribution in [0.5, 0.6) is 0 Å². The third-order valence-corrected chi connectivity index (χ3v) is 4.58. The molecule has 1 aliphatic heterocycles. The fraction of sp³-hybridized carbons (Fsp3) is 0.550. The normalized spacial score (nSPS) is 30.5. The van der Waals surface area contributed by atoms with Crippen molar-refractivity contribution < 1.29 is 29.0 Å². The van der Waals surface area contributed by atoms with E-state index in [1.54, 1.807) is 12.2 Å². The summed E-state index contributed by atoms with van der Waals surface area (Å²) in [6.07, 6.45) is 4.40. The van der Waals surface area contributed by atoms with Gasteiger partial charge in [0.1, 0.15) is 18.5 Å². The lowest BCUT2D eigenvalue weighted by Gasteiger charge is -2.27. The molecule has 0 aromatic rings. The Morgan fingerprint density at radius 2 is 2.23 bits per heavy atom. The summed E-state index contributed by atoms with van der Waals surface area (Å²) in [4.78, 5) is 35.7. The van der Waals surface area contributed by atoms with Crippen LogP contribution < -0.4 is 0 Å². The smallest absolute Gasteiger partial charge is 0.334 e. The van der Waals surface area contributed by atoms with E-state index in [0.717, 1.165) is 6.29 Å². The molecule has 0 aromatic heterocycles. The van der Waals surface area contributed by atoms with Crippen molar-refractivity contribution in [3.05, 3.63) is 35.5 Å². The number of fused-ring (bicyclic) bond motifs is 1. The molecule has 0 saturated carbocycles.